The molecule has 2 aromatic heterocycles. The topological polar surface area (TPSA) is 55.7 Å². The Balaban J connectivity index is 2.53. The normalized spacial score (nSPS) is 10.8. The largest absolute Gasteiger partial charge is 0.296 e. The molecule has 0 spiro atoms. The minimum absolute atomic E-state index is 0.446. The maximum Gasteiger partial charge on any atom is 0.168 e. The summed E-state index contributed by atoms with van der Waals surface area (Å²) >= 11 is 0. The first-order chi connectivity index (χ1) is 7.88. The van der Waals surface area contributed by atoms with Gasteiger partial charge in [-0.05, 0) is 24.3 Å². The maximum absolute atomic E-state index is 10.7. The number of aromatic nitrogens is 3. The van der Waals surface area contributed by atoms with E-state index < -0.39 is 0 Å². The van der Waals surface area contributed by atoms with Gasteiger partial charge in [-0.1, -0.05) is 6.07 Å². The number of carbonyl (C=O) groups excluding carboxylic acids is 1. The molecule has 4 nitrogen and oxygen atoms in total. The minimum Gasteiger partial charge on any atom is -0.296 e. The van der Waals surface area contributed by atoms with Crippen molar-refractivity contribution in [3.8, 4) is 0 Å². The molecule has 0 amide bonds. The number of nitrogens with zero attached hydrogens (tertiary/aromatic N) is 3. The number of hydrogen-bond acceptors (Lipinski definition) is 4. The first kappa shape index (κ1) is 8.91. The van der Waals surface area contributed by atoms with Crippen LogP contribution >= 0.6 is 0 Å². The van der Waals surface area contributed by atoms with E-state index in [0.29, 0.717) is 5.69 Å². The van der Waals surface area contributed by atoms with Gasteiger partial charge < -0.3 is 0 Å². The molecule has 0 atom stereocenters. The van der Waals surface area contributed by atoms with Gasteiger partial charge in [-0.15, -0.1) is 0 Å². The zero-order valence-electron chi connectivity index (χ0n) is 8.29. The molecule has 0 aliphatic carbocycles. The van der Waals surface area contributed by atoms with Crippen molar-refractivity contribution < 1.29 is 4.79 Å². The molecule has 16 heavy (non-hydrogen) atoms. The zero-order chi connectivity index (χ0) is 11.0. The van der Waals surface area contributed by atoms with E-state index in [-0.39, 0.29) is 0 Å². The molecule has 0 aliphatic rings. The highest BCUT2D eigenvalue weighted by molar-refractivity contribution is 6.05. The summed E-state index contributed by atoms with van der Waals surface area (Å²) in [5.74, 6) is 0. The third-order valence-electron chi connectivity index (χ3n) is 2.47. The van der Waals surface area contributed by atoms with Gasteiger partial charge in [-0.2, -0.15) is 10.2 Å². The van der Waals surface area contributed by atoms with Gasteiger partial charge in [0.25, 0.3) is 0 Å². The fourth-order valence-electron chi connectivity index (χ4n) is 1.76. The smallest absolute Gasteiger partial charge is 0.168 e. The molecule has 4 heteroatoms. The highest BCUT2D eigenvalue weighted by Gasteiger charge is 2.05. The van der Waals surface area contributed by atoms with Crippen molar-refractivity contribution in [1.82, 2.24) is 15.2 Å². The number of aldehydes is 1. The number of benzene rings is 1. The monoisotopic (exact) mass is 209 g/mol. The van der Waals surface area contributed by atoms with Gasteiger partial charge in [0, 0.05) is 17.0 Å². The highest BCUT2D eigenvalue weighted by Crippen LogP contribution is 2.22. The highest BCUT2D eigenvalue weighted by atomic mass is 16.1. The number of fused-ring (bicyclic) bond motifs is 3. The predicted octanol–water partition coefficient (Wildman–Crippen LogP) is 1.99. The lowest BCUT2D eigenvalue weighted by atomic mass is 10.2. The van der Waals surface area contributed by atoms with Crippen LogP contribution in [0.15, 0.2) is 36.5 Å². The van der Waals surface area contributed by atoms with Crippen LogP contribution in [-0.2, 0) is 0 Å². The summed E-state index contributed by atoms with van der Waals surface area (Å²) in [7, 11) is 0. The van der Waals surface area contributed by atoms with Crippen molar-refractivity contribution in [1.29, 1.82) is 0 Å². The lowest BCUT2D eigenvalue weighted by Gasteiger charge is -1.91. The summed E-state index contributed by atoms with van der Waals surface area (Å²) in [6, 6.07) is 9.25. The summed E-state index contributed by atoms with van der Waals surface area (Å²) in [4.78, 5) is 14.9. The molecule has 3 rings (SSSR count). The van der Waals surface area contributed by atoms with Gasteiger partial charge in [0.1, 0.15) is 5.69 Å². The summed E-state index contributed by atoms with van der Waals surface area (Å²) in [6.07, 6.45) is 2.37. The molecular formula is C12H7N3O. The van der Waals surface area contributed by atoms with Gasteiger partial charge in [-0.3, -0.25) is 4.79 Å². The van der Waals surface area contributed by atoms with Crippen molar-refractivity contribution in [3.63, 3.8) is 0 Å². The SMILES string of the molecule is O=Cc1cc2ccc3nncccc3c2n1. The summed E-state index contributed by atoms with van der Waals surface area (Å²) in [5.41, 5.74) is 2.01. The molecule has 0 aliphatic heterocycles. The Bertz CT molecular complexity index is 694. The second-order valence-electron chi connectivity index (χ2n) is 3.46. The molecule has 0 N–H and O–H groups in total. The minimum atomic E-state index is 0.446. The van der Waals surface area contributed by atoms with Gasteiger partial charge in [0.15, 0.2) is 6.29 Å². The molecule has 76 valence electrons. The van der Waals surface area contributed by atoms with E-state index >= 15 is 0 Å². The van der Waals surface area contributed by atoms with E-state index in [1.165, 1.54) is 0 Å². The van der Waals surface area contributed by atoms with Crippen LogP contribution in [0.3, 0.4) is 0 Å². The summed E-state index contributed by atoms with van der Waals surface area (Å²) < 4.78 is 0. The van der Waals surface area contributed by atoms with Gasteiger partial charge in [-0.25, -0.2) is 4.98 Å². The first-order valence-corrected chi connectivity index (χ1v) is 4.85. The number of carbonyl (C=O) groups is 1. The third kappa shape index (κ3) is 1.24. The van der Waals surface area contributed by atoms with E-state index in [4.69, 9.17) is 0 Å². The van der Waals surface area contributed by atoms with Gasteiger partial charge in [0.05, 0.1) is 11.0 Å². The summed E-state index contributed by atoms with van der Waals surface area (Å²) in [5, 5.41) is 9.76. The van der Waals surface area contributed by atoms with E-state index in [2.05, 4.69) is 15.2 Å². The fraction of sp³-hybridized carbons (Fsp3) is 0. The molecule has 0 unspecified atom stereocenters. The Hall–Kier alpha value is -2.36. The van der Waals surface area contributed by atoms with E-state index in [1.54, 1.807) is 12.3 Å². The Morgan fingerprint density at radius 3 is 3.00 bits per heavy atom. The third-order valence-corrected chi connectivity index (χ3v) is 2.47. The van der Waals surface area contributed by atoms with Crippen LogP contribution in [0.5, 0.6) is 0 Å². The molecule has 0 radical (unpaired) electrons. The quantitative estimate of drug-likeness (QED) is 0.575. The maximum atomic E-state index is 10.7. The van der Waals surface area contributed by atoms with Crippen molar-refractivity contribution >= 4 is 28.1 Å². The zero-order valence-corrected chi connectivity index (χ0v) is 8.29. The Kier molecular flexibility index (Phi) is 1.86. The van der Waals surface area contributed by atoms with Crippen LogP contribution in [0.4, 0.5) is 0 Å². The first-order valence-electron chi connectivity index (χ1n) is 4.85. The van der Waals surface area contributed by atoms with Crippen LogP contribution in [0.25, 0.3) is 21.8 Å². The van der Waals surface area contributed by atoms with E-state index in [1.807, 2.05) is 24.3 Å². The van der Waals surface area contributed by atoms with Gasteiger partial charge >= 0.3 is 0 Å². The number of hydrogen-bond donors (Lipinski definition) is 0. The van der Waals surface area contributed by atoms with E-state index in [0.717, 1.165) is 28.1 Å². The molecule has 0 fully saturated rings. The average molecular weight is 209 g/mol. The molecule has 2 heterocycles. The van der Waals surface area contributed by atoms with E-state index in [9.17, 15) is 4.79 Å². The van der Waals surface area contributed by atoms with Crippen LogP contribution in [-0.4, -0.2) is 21.5 Å². The Labute approximate surface area is 90.9 Å². The average Bonchev–Trinajstić information content (AvgIpc) is 2.59. The van der Waals surface area contributed by atoms with Crippen molar-refractivity contribution in [2.75, 3.05) is 0 Å². The Morgan fingerprint density at radius 2 is 2.12 bits per heavy atom. The second-order valence-corrected chi connectivity index (χ2v) is 3.46. The van der Waals surface area contributed by atoms with Gasteiger partial charge in [0.2, 0.25) is 0 Å². The van der Waals surface area contributed by atoms with Crippen LogP contribution < -0.4 is 0 Å². The Morgan fingerprint density at radius 1 is 1.19 bits per heavy atom. The van der Waals surface area contributed by atoms with Crippen molar-refractivity contribution in [2.24, 2.45) is 0 Å². The predicted molar refractivity (Wildman–Crippen MR) is 60.2 cm³/mol. The molecule has 0 saturated heterocycles. The van der Waals surface area contributed by atoms with Crippen molar-refractivity contribution in [3.05, 3.63) is 42.2 Å². The molecule has 0 bridgehead atoms. The molecule has 1 aromatic carbocycles. The second kappa shape index (κ2) is 3.34. The lowest BCUT2D eigenvalue weighted by Crippen LogP contribution is -1.78. The standard InChI is InChI=1S/C12H7N3O/c16-7-9-6-8-3-4-11-10(12(8)14-9)2-1-5-13-15-11/h1-7H. The molecule has 3 aromatic rings. The van der Waals surface area contributed by atoms with Crippen LogP contribution in [0, 0.1) is 0 Å². The molecular weight excluding hydrogens is 202 g/mol. The molecule has 0 saturated carbocycles. The van der Waals surface area contributed by atoms with Crippen LogP contribution in [0.1, 0.15) is 10.5 Å². The fourth-order valence-corrected chi connectivity index (χ4v) is 1.76. The lowest BCUT2D eigenvalue weighted by molar-refractivity contribution is 0.112. The van der Waals surface area contributed by atoms with Crippen molar-refractivity contribution in [2.45, 2.75) is 0 Å². The summed E-state index contributed by atoms with van der Waals surface area (Å²) in [6.45, 7) is 0. The number of rotatable bonds is 1. The van der Waals surface area contributed by atoms with Crippen LogP contribution in [0.2, 0.25) is 0 Å².